The van der Waals surface area contributed by atoms with Gasteiger partial charge in [-0.15, -0.1) is 24.0 Å². The van der Waals surface area contributed by atoms with E-state index < -0.39 is 0 Å². The van der Waals surface area contributed by atoms with Crippen LogP contribution in [0.5, 0.6) is 0 Å². The van der Waals surface area contributed by atoms with Crippen LogP contribution in [0.2, 0.25) is 0 Å². The molecule has 0 radical (unpaired) electrons. The molecule has 1 aliphatic rings. The summed E-state index contributed by atoms with van der Waals surface area (Å²) in [6.45, 7) is 11.3. The standard InChI is InChI=1S/C22H31N5.HI/c1-17-9-10-20(15-18(17)2)25-22(23)24-16-19(3)26-11-13-27(14-12-26)21-7-5-4-6-8-21;/h4-10,15,19H,11-14,16H2,1-3H3,(H3,23,24,25);1H. The summed E-state index contributed by atoms with van der Waals surface area (Å²) in [6, 6.07) is 17.2. The lowest BCUT2D eigenvalue weighted by Crippen LogP contribution is -2.50. The zero-order valence-electron chi connectivity index (χ0n) is 17.1. The number of rotatable bonds is 5. The second-order valence-electron chi connectivity index (χ2n) is 7.36. The lowest BCUT2D eigenvalue weighted by atomic mass is 10.1. The highest BCUT2D eigenvalue weighted by atomic mass is 127. The van der Waals surface area contributed by atoms with Crippen LogP contribution in [0.4, 0.5) is 11.4 Å². The second kappa shape index (κ2) is 10.7. The minimum Gasteiger partial charge on any atom is -0.370 e. The monoisotopic (exact) mass is 493 g/mol. The van der Waals surface area contributed by atoms with Crippen LogP contribution in [0, 0.1) is 13.8 Å². The molecule has 1 fully saturated rings. The van der Waals surface area contributed by atoms with E-state index >= 15 is 0 Å². The topological polar surface area (TPSA) is 56.9 Å². The minimum atomic E-state index is 0. The minimum absolute atomic E-state index is 0. The number of halogens is 1. The van der Waals surface area contributed by atoms with Crippen molar-refractivity contribution in [2.24, 2.45) is 10.7 Å². The van der Waals surface area contributed by atoms with Crippen molar-refractivity contribution >= 4 is 41.3 Å². The molecule has 152 valence electrons. The lowest BCUT2D eigenvalue weighted by Gasteiger charge is -2.38. The summed E-state index contributed by atoms with van der Waals surface area (Å²) in [5.74, 6) is 0.480. The molecule has 0 spiro atoms. The van der Waals surface area contributed by atoms with Gasteiger partial charge in [-0.05, 0) is 56.2 Å². The number of nitrogens with zero attached hydrogens (tertiary/aromatic N) is 3. The molecule has 5 nitrogen and oxygen atoms in total. The molecule has 1 unspecified atom stereocenters. The smallest absolute Gasteiger partial charge is 0.193 e. The maximum atomic E-state index is 6.08. The van der Waals surface area contributed by atoms with Crippen molar-refractivity contribution in [3.05, 3.63) is 59.7 Å². The molecule has 0 bridgehead atoms. The first kappa shape index (κ1) is 22.5. The van der Waals surface area contributed by atoms with Gasteiger partial charge in [0.25, 0.3) is 0 Å². The third-order valence-corrected chi connectivity index (χ3v) is 5.36. The summed E-state index contributed by atoms with van der Waals surface area (Å²) in [4.78, 5) is 9.49. The number of aliphatic imine (C=N–C) groups is 1. The predicted octanol–water partition coefficient (Wildman–Crippen LogP) is 3.86. The number of anilines is 2. The molecule has 3 rings (SSSR count). The normalized spacial score (nSPS) is 16.4. The van der Waals surface area contributed by atoms with Crippen LogP contribution in [0.3, 0.4) is 0 Å². The number of para-hydroxylation sites is 1. The molecule has 0 saturated carbocycles. The maximum Gasteiger partial charge on any atom is 0.193 e. The van der Waals surface area contributed by atoms with Crippen LogP contribution in [0.15, 0.2) is 53.5 Å². The molecule has 1 heterocycles. The van der Waals surface area contributed by atoms with E-state index in [9.17, 15) is 0 Å². The van der Waals surface area contributed by atoms with Crippen molar-refractivity contribution in [2.75, 3.05) is 42.9 Å². The SMILES string of the molecule is Cc1ccc(NC(N)=NCC(C)N2CCN(c3ccccc3)CC2)cc1C.I. The molecule has 2 aromatic carbocycles. The Morgan fingerprint density at radius 3 is 2.36 bits per heavy atom. The molecule has 0 aromatic heterocycles. The highest BCUT2D eigenvalue weighted by Crippen LogP contribution is 2.17. The Hall–Kier alpha value is -1.80. The van der Waals surface area contributed by atoms with E-state index in [1.807, 2.05) is 6.07 Å². The second-order valence-corrected chi connectivity index (χ2v) is 7.36. The van der Waals surface area contributed by atoms with Crippen molar-refractivity contribution in [1.29, 1.82) is 0 Å². The van der Waals surface area contributed by atoms with E-state index in [1.165, 1.54) is 16.8 Å². The Balaban J connectivity index is 0.00000280. The number of nitrogens with one attached hydrogen (secondary N) is 1. The van der Waals surface area contributed by atoms with Crippen LogP contribution in [-0.2, 0) is 0 Å². The average molecular weight is 493 g/mol. The zero-order valence-corrected chi connectivity index (χ0v) is 19.4. The molecule has 2 aromatic rings. The quantitative estimate of drug-likeness (QED) is 0.378. The molecule has 1 saturated heterocycles. The van der Waals surface area contributed by atoms with Gasteiger partial charge in [-0.2, -0.15) is 0 Å². The number of hydrogen-bond acceptors (Lipinski definition) is 3. The first-order chi connectivity index (χ1) is 13.0. The molecular formula is C22H32IN5. The number of piperazine rings is 1. The highest BCUT2D eigenvalue weighted by Gasteiger charge is 2.21. The van der Waals surface area contributed by atoms with Gasteiger partial charge in [0, 0.05) is 43.6 Å². The Morgan fingerprint density at radius 2 is 1.71 bits per heavy atom. The van der Waals surface area contributed by atoms with Gasteiger partial charge in [-0.1, -0.05) is 24.3 Å². The maximum absolute atomic E-state index is 6.08. The lowest BCUT2D eigenvalue weighted by molar-refractivity contribution is 0.201. The van der Waals surface area contributed by atoms with Crippen molar-refractivity contribution in [2.45, 2.75) is 26.8 Å². The summed E-state index contributed by atoms with van der Waals surface area (Å²) >= 11 is 0. The number of hydrogen-bond donors (Lipinski definition) is 2. The summed E-state index contributed by atoms with van der Waals surface area (Å²) < 4.78 is 0. The number of guanidine groups is 1. The number of benzene rings is 2. The molecule has 28 heavy (non-hydrogen) atoms. The molecule has 0 amide bonds. The first-order valence-electron chi connectivity index (χ1n) is 9.71. The fraction of sp³-hybridized carbons (Fsp3) is 0.409. The van der Waals surface area contributed by atoms with Crippen molar-refractivity contribution < 1.29 is 0 Å². The Morgan fingerprint density at radius 1 is 1.04 bits per heavy atom. The predicted molar refractivity (Wildman–Crippen MR) is 131 cm³/mol. The summed E-state index contributed by atoms with van der Waals surface area (Å²) in [7, 11) is 0. The molecule has 0 aliphatic carbocycles. The van der Waals surface area contributed by atoms with E-state index in [4.69, 9.17) is 5.73 Å². The van der Waals surface area contributed by atoms with E-state index in [1.54, 1.807) is 0 Å². The summed E-state index contributed by atoms with van der Waals surface area (Å²) in [6.07, 6.45) is 0. The third-order valence-electron chi connectivity index (χ3n) is 5.36. The summed E-state index contributed by atoms with van der Waals surface area (Å²) in [5.41, 5.74) is 10.9. The largest absolute Gasteiger partial charge is 0.370 e. The van der Waals surface area contributed by atoms with Gasteiger partial charge in [0.15, 0.2) is 5.96 Å². The number of aryl methyl sites for hydroxylation is 2. The fourth-order valence-electron chi connectivity index (χ4n) is 3.41. The first-order valence-corrected chi connectivity index (χ1v) is 9.71. The average Bonchev–Trinajstić information content (AvgIpc) is 2.70. The zero-order chi connectivity index (χ0) is 19.2. The highest BCUT2D eigenvalue weighted by molar-refractivity contribution is 14.0. The third kappa shape index (κ3) is 6.10. The van der Waals surface area contributed by atoms with E-state index in [2.05, 4.69) is 83.3 Å². The van der Waals surface area contributed by atoms with Crippen molar-refractivity contribution in [3.63, 3.8) is 0 Å². The Bertz CT molecular complexity index is 770. The van der Waals surface area contributed by atoms with E-state index in [-0.39, 0.29) is 24.0 Å². The van der Waals surface area contributed by atoms with Crippen LogP contribution < -0.4 is 16.0 Å². The molecular weight excluding hydrogens is 461 g/mol. The van der Waals surface area contributed by atoms with Gasteiger partial charge in [-0.3, -0.25) is 9.89 Å². The van der Waals surface area contributed by atoms with Gasteiger partial charge in [0.2, 0.25) is 0 Å². The summed E-state index contributed by atoms with van der Waals surface area (Å²) in [5, 5.41) is 3.20. The molecule has 1 atom stereocenters. The van der Waals surface area contributed by atoms with Crippen molar-refractivity contribution in [3.8, 4) is 0 Å². The Kier molecular flexibility index (Phi) is 8.57. The van der Waals surface area contributed by atoms with Gasteiger partial charge in [0.05, 0.1) is 6.54 Å². The van der Waals surface area contributed by atoms with Crippen LogP contribution in [-0.4, -0.2) is 49.6 Å². The molecule has 3 N–H and O–H groups in total. The van der Waals surface area contributed by atoms with E-state index in [0.29, 0.717) is 18.5 Å². The van der Waals surface area contributed by atoms with Gasteiger partial charge in [-0.25, -0.2) is 0 Å². The van der Waals surface area contributed by atoms with Gasteiger partial charge >= 0.3 is 0 Å². The fourth-order valence-corrected chi connectivity index (χ4v) is 3.41. The molecule has 1 aliphatic heterocycles. The van der Waals surface area contributed by atoms with Crippen LogP contribution in [0.25, 0.3) is 0 Å². The van der Waals surface area contributed by atoms with Crippen molar-refractivity contribution in [1.82, 2.24) is 4.90 Å². The van der Waals surface area contributed by atoms with Crippen LogP contribution in [0.1, 0.15) is 18.1 Å². The van der Waals surface area contributed by atoms with Gasteiger partial charge in [0.1, 0.15) is 0 Å². The van der Waals surface area contributed by atoms with Gasteiger partial charge < -0.3 is 16.0 Å². The number of nitrogens with two attached hydrogens (primary N) is 1. The van der Waals surface area contributed by atoms with E-state index in [0.717, 1.165) is 31.9 Å². The Labute approximate surface area is 186 Å². The molecule has 6 heteroatoms. The van der Waals surface area contributed by atoms with Crippen LogP contribution >= 0.6 is 24.0 Å².